The minimum Gasteiger partial charge on any atom is -0.481 e. The molecule has 7 heteroatoms. The molecule has 1 aromatic carbocycles. The van der Waals surface area contributed by atoms with Crippen molar-refractivity contribution in [2.75, 3.05) is 18.8 Å². The number of thioether (sulfide) groups is 1. The van der Waals surface area contributed by atoms with Gasteiger partial charge in [0.15, 0.2) is 0 Å². The summed E-state index contributed by atoms with van der Waals surface area (Å²) in [4.78, 5) is 37.5. The van der Waals surface area contributed by atoms with Gasteiger partial charge in [0.25, 0.3) is 5.91 Å². The highest BCUT2D eigenvalue weighted by Crippen LogP contribution is 2.48. The van der Waals surface area contributed by atoms with E-state index < -0.39 is 5.97 Å². The second kappa shape index (κ2) is 8.12. The Morgan fingerprint density at radius 3 is 2.54 bits per heavy atom. The van der Waals surface area contributed by atoms with Gasteiger partial charge in [-0.1, -0.05) is 18.2 Å². The summed E-state index contributed by atoms with van der Waals surface area (Å²) < 4.78 is 0. The molecule has 2 aliphatic rings. The summed E-state index contributed by atoms with van der Waals surface area (Å²) in [7, 11) is 0. The number of carboxylic acid groups (broad SMARTS) is 1. The van der Waals surface area contributed by atoms with Crippen LogP contribution in [0.4, 0.5) is 0 Å². The van der Waals surface area contributed by atoms with Gasteiger partial charge in [0.05, 0.1) is 11.3 Å². The fraction of sp³-hybridized carbons (Fsp3) is 0.526. The highest BCUT2D eigenvalue weighted by atomic mass is 32.2. The summed E-state index contributed by atoms with van der Waals surface area (Å²) in [6.07, 6.45) is 2.99. The van der Waals surface area contributed by atoms with Crippen LogP contribution in [0.1, 0.15) is 42.5 Å². The zero-order valence-electron chi connectivity index (χ0n) is 14.6. The highest BCUT2D eigenvalue weighted by Gasteiger charge is 2.47. The molecule has 1 saturated heterocycles. The van der Waals surface area contributed by atoms with Crippen LogP contribution in [-0.2, 0) is 9.59 Å². The largest absolute Gasteiger partial charge is 0.481 e. The van der Waals surface area contributed by atoms with Crippen LogP contribution < -0.4 is 5.32 Å². The second-order valence-corrected chi connectivity index (χ2v) is 8.28. The Morgan fingerprint density at radius 2 is 1.88 bits per heavy atom. The summed E-state index contributed by atoms with van der Waals surface area (Å²) in [6.45, 7) is 0.914. The predicted octanol–water partition coefficient (Wildman–Crippen LogP) is 2.35. The quantitative estimate of drug-likeness (QED) is 0.824. The minimum atomic E-state index is -0.912. The number of carbonyl (C=O) groups is 3. The first-order valence-electron chi connectivity index (χ1n) is 9.02. The summed E-state index contributed by atoms with van der Waals surface area (Å²) >= 11 is 1.83. The average Bonchev–Trinajstić information content (AvgIpc) is 3.05. The van der Waals surface area contributed by atoms with E-state index in [-0.39, 0.29) is 35.6 Å². The molecule has 0 bridgehead atoms. The zero-order valence-corrected chi connectivity index (χ0v) is 15.5. The highest BCUT2D eigenvalue weighted by molar-refractivity contribution is 8.00. The first-order valence-corrected chi connectivity index (χ1v) is 10.0. The molecule has 0 aromatic heterocycles. The lowest BCUT2D eigenvalue weighted by Gasteiger charge is -2.42. The van der Waals surface area contributed by atoms with Gasteiger partial charge in [-0.2, -0.15) is 0 Å². The Labute approximate surface area is 157 Å². The monoisotopic (exact) mass is 376 g/mol. The third kappa shape index (κ3) is 4.03. The maximum Gasteiger partial charge on any atom is 0.305 e. The average molecular weight is 376 g/mol. The number of amides is 2. The molecule has 1 heterocycles. The van der Waals surface area contributed by atoms with Crippen LogP contribution in [0, 0.1) is 5.92 Å². The number of rotatable bonds is 5. The number of carbonyl (C=O) groups excluding carboxylic acids is 2. The van der Waals surface area contributed by atoms with Crippen molar-refractivity contribution in [3.63, 3.8) is 0 Å². The Hall–Kier alpha value is -2.02. The van der Waals surface area contributed by atoms with Crippen molar-refractivity contribution in [2.24, 2.45) is 5.92 Å². The van der Waals surface area contributed by atoms with Gasteiger partial charge in [-0.05, 0) is 37.8 Å². The lowest BCUT2D eigenvalue weighted by Crippen LogP contribution is -2.49. The fourth-order valence-electron chi connectivity index (χ4n) is 3.81. The maximum atomic E-state index is 12.9. The molecule has 1 spiro atoms. The Balaban J connectivity index is 1.59. The molecule has 0 radical (unpaired) electrons. The third-order valence-electron chi connectivity index (χ3n) is 5.22. The van der Waals surface area contributed by atoms with E-state index in [1.807, 2.05) is 47.0 Å². The second-order valence-electron chi connectivity index (χ2n) is 6.83. The SMILES string of the molecule is O=C(O)CCNC(=O)C1CCC2(CC1)SCCN2C(=O)c1ccccc1. The summed E-state index contributed by atoms with van der Waals surface area (Å²) in [5, 5.41) is 11.4. The van der Waals surface area contributed by atoms with Crippen molar-refractivity contribution in [3.8, 4) is 0 Å². The lowest BCUT2D eigenvalue weighted by molar-refractivity contribution is -0.137. The molecule has 3 rings (SSSR count). The van der Waals surface area contributed by atoms with E-state index >= 15 is 0 Å². The number of nitrogens with zero attached hydrogens (tertiary/aromatic N) is 1. The molecule has 6 nitrogen and oxygen atoms in total. The van der Waals surface area contributed by atoms with Crippen molar-refractivity contribution in [3.05, 3.63) is 35.9 Å². The summed E-state index contributed by atoms with van der Waals surface area (Å²) in [6, 6.07) is 9.35. The predicted molar refractivity (Wildman–Crippen MR) is 99.9 cm³/mol. The van der Waals surface area contributed by atoms with Crippen LogP contribution in [-0.4, -0.2) is 51.5 Å². The van der Waals surface area contributed by atoms with Crippen molar-refractivity contribution in [1.82, 2.24) is 10.2 Å². The van der Waals surface area contributed by atoms with Gasteiger partial charge in [0.2, 0.25) is 5.91 Å². The summed E-state index contributed by atoms with van der Waals surface area (Å²) in [5.74, 6) is -0.0757. The van der Waals surface area contributed by atoms with Crippen molar-refractivity contribution >= 4 is 29.5 Å². The van der Waals surface area contributed by atoms with Crippen LogP contribution in [0.2, 0.25) is 0 Å². The number of benzene rings is 1. The number of nitrogens with one attached hydrogen (secondary N) is 1. The molecule has 140 valence electrons. The van der Waals surface area contributed by atoms with Gasteiger partial charge in [0, 0.05) is 30.3 Å². The van der Waals surface area contributed by atoms with Gasteiger partial charge >= 0.3 is 5.97 Å². The van der Waals surface area contributed by atoms with Gasteiger partial charge in [-0.25, -0.2) is 0 Å². The zero-order chi connectivity index (χ0) is 18.6. The number of aliphatic carboxylic acids is 1. The number of carboxylic acids is 1. The van der Waals surface area contributed by atoms with Crippen LogP contribution in [0.25, 0.3) is 0 Å². The molecule has 1 aliphatic carbocycles. The van der Waals surface area contributed by atoms with Crippen molar-refractivity contribution in [2.45, 2.75) is 37.0 Å². The van der Waals surface area contributed by atoms with Gasteiger partial charge in [-0.3, -0.25) is 14.4 Å². The molecular formula is C19H24N2O4S. The van der Waals surface area contributed by atoms with E-state index in [0.717, 1.165) is 38.0 Å². The number of hydrogen-bond acceptors (Lipinski definition) is 4. The van der Waals surface area contributed by atoms with Gasteiger partial charge in [-0.15, -0.1) is 11.8 Å². The molecule has 1 saturated carbocycles. The van der Waals surface area contributed by atoms with E-state index in [4.69, 9.17) is 5.11 Å². The maximum absolute atomic E-state index is 12.9. The minimum absolute atomic E-state index is 0.0579. The Kier molecular flexibility index (Phi) is 5.86. The first-order chi connectivity index (χ1) is 12.5. The molecule has 26 heavy (non-hydrogen) atoms. The molecular weight excluding hydrogens is 352 g/mol. The topological polar surface area (TPSA) is 86.7 Å². The van der Waals surface area contributed by atoms with E-state index in [2.05, 4.69) is 5.32 Å². The molecule has 0 unspecified atom stereocenters. The Morgan fingerprint density at radius 1 is 1.19 bits per heavy atom. The standard InChI is InChI=1S/C19H24N2O4S/c22-16(23)8-11-20-17(24)14-6-9-19(10-7-14)21(12-13-26-19)18(25)15-4-2-1-3-5-15/h1-5,14H,6-13H2,(H,20,24)(H,22,23). The normalized spacial score (nSPS) is 25.2. The van der Waals surface area contributed by atoms with E-state index in [0.29, 0.717) is 5.56 Å². The van der Waals surface area contributed by atoms with Crippen molar-refractivity contribution in [1.29, 1.82) is 0 Å². The van der Waals surface area contributed by atoms with Gasteiger partial charge < -0.3 is 15.3 Å². The molecule has 2 fully saturated rings. The summed E-state index contributed by atoms with van der Waals surface area (Å²) in [5.41, 5.74) is 0.711. The van der Waals surface area contributed by atoms with Crippen LogP contribution >= 0.6 is 11.8 Å². The molecule has 1 aliphatic heterocycles. The third-order valence-corrected chi connectivity index (χ3v) is 6.77. The van der Waals surface area contributed by atoms with Gasteiger partial charge in [0.1, 0.15) is 0 Å². The first kappa shape index (κ1) is 18.8. The fourth-order valence-corrected chi connectivity index (χ4v) is 5.32. The Bertz CT molecular complexity index is 671. The molecule has 0 atom stereocenters. The number of hydrogen-bond donors (Lipinski definition) is 2. The van der Waals surface area contributed by atoms with Crippen molar-refractivity contribution < 1.29 is 19.5 Å². The van der Waals surface area contributed by atoms with Crippen LogP contribution in [0.5, 0.6) is 0 Å². The molecule has 1 aromatic rings. The van der Waals surface area contributed by atoms with E-state index in [1.165, 1.54) is 0 Å². The lowest BCUT2D eigenvalue weighted by atomic mass is 9.84. The van der Waals surface area contributed by atoms with E-state index in [9.17, 15) is 14.4 Å². The molecule has 2 amide bonds. The van der Waals surface area contributed by atoms with Crippen LogP contribution in [0.15, 0.2) is 30.3 Å². The molecule has 2 N–H and O–H groups in total. The smallest absolute Gasteiger partial charge is 0.305 e. The van der Waals surface area contributed by atoms with E-state index in [1.54, 1.807) is 0 Å². The van der Waals surface area contributed by atoms with Crippen LogP contribution in [0.3, 0.4) is 0 Å².